The first-order valence-corrected chi connectivity index (χ1v) is 12.2. The maximum absolute atomic E-state index is 13.8. The van der Waals surface area contributed by atoms with Crippen molar-refractivity contribution < 1.29 is 14.7 Å². The fourth-order valence-electron chi connectivity index (χ4n) is 3.51. The van der Waals surface area contributed by atoms with E-state index in [9.17, 15) is 14.7 Å². The van der Waals surface area contributed by atoms with Crippen LogP contribution in [0, 0.1) is 0 Å². The van der Waals surface area contributed by atoms with Gasteiger partial charge in [0.25, 0.3) is 0 Å². The predicted octanol–water partition coefficient (Wildman–Crippen LogP) is 6.08. The van der Waals surface area contributed by atoms with Crippen LogP contribution in [0.25, 0.3) is 0 Å². The second-order valence-corrected chi connectivity index (χ2v) is 9.47. The van der Waals surface area contributed by atoms with Crippen molar-refractivity contribution in [3.05, 3.63) is 80.7 Å². The van der Waals surface area contributed by atoms with Crippen molar-refractivity contribution in [2.75, 3.05) is 0 Å². The number of carbonyl (C=O) groups is 2. The van der Waals surface area contributed by atoms with Gasteiger partial charge in [0, 0.05) is 16.3 Å². The molecule has 2 amide bonds. The number of amides is 2. The van der Waals surface area contributed by atoms with Crippen LogP contribution < -0.4 is 0 Å². The molecule has 0 aliphatic carbocycles. The molecule has 1 atom stereocenters. The minimum atomic E-state index is -1.06. The summed E-state index contributed by atoms with van der Waals surface area (Å²) in [5.74, 6) is -0.131. The van der Waals surface area contributed by atoms with Crippen molar-refractivity contribution in [3.63, 3.8) is 0 Å². The van der Waals surface area contributed by atoms with Gasteiger partial charge in [0.15, 0.2) is 0 Å². The van der Waals surface area contributed by atoms with E-state index in [0.717, 1.165) is 28.2 Å². The molecule has 0 bridgehead atoms. The van der Waals surface area contributed by atoms with E-state index in [1.807, 2.05) is 65.4 Å². The molecule has 0 saturated carbocycles. The van der Waals surface area contributed by atoms with E-state index in [1.54, 1.807) is 27.6 Å². The highest BCUT2D eigenvalue weighted by atomic mass is 32.1. The highest BCUT2D eigenvalue weighted by molar-refractivity contribution is 7.10. The van der Waals surface area contributed by atoms with Crippen LogP contribution in [0.4, 0.5) is 4.79 Å². The summed E-state index contributed by atoms with van der Waals surface area (Å²) in [6, 6.07) is 16.7. The van der Waals surface area contributed by atoms with Gasteiger partial charge in [0.1, 0.15) is 6.04 Å². The Bertz CT molecular complexity index is 891. The molecule has 2 heterocycles. The third-order valence-corrected chi connectivity index (χ3v) is 6.82. The van der Waals surface area contributed by atoms with Crippen molar-refractivity contribution in [1.82, 2.24) is 9.80 Å². The summed E-state index contributed by atoms with van der Waals surface area (Å²) in [4.78, 5) is 31.3. The fraction of sp³-hybridized carbons (Fsp3) is 0.333. The average molecular weight is 457 g/mol. The number of hydrogen-bond donors (Lipinski definition) is 1. The van der Waals surface area contributed by atoms with Crippen molar-refractivity contribution in [1.29, 1.82) is 0 Å². The number of nitrogens with zero attached hydrogens (tertiary/aromatic N) is 2. The monoisotopic (exact) mass is 456 g/mol. The molecule has 3 rings (SSSR count). The van der Waals surface area contributed by atoms with Crippen molar-refractivity contribution >= 4 is 34.7 Å². The summed E-state index contributed by atoms with van der Waals surface area (Å²) in [6.07, 6.45) is 1.14. The lowest BCUT2D eigenvalue weighted by Gasteiger charge is -2.33. The smallest absolute Gasteiger partial charge is 0.408 e. The normalized spacial score (nSPS) is 11.8. The number of rotatable bonds is 11. The molecule has 0 unspecified atom stereocenters. The number of hydrogen-bond acceptors (Lipinski definition) is 4. The van der Waals surface area contributed by atoms with Gasteiger partial charge in [-0.2, -0.15) is 0 Å². The SMILES string of the molecule is CCCC[C@@H](C(=O)N(Cc1cccs1)Cc1cccs1)N(Cc1ccccc1)C(=O)O. The Hall–Kier alpha value is -2.64. The van der Waals surface area contributed by atoms with Crippen molar-refractivity contribution in [3.8, 4) is 0 Å². The Morgan fingerprint density at radius 2 is 1.52 bits per heavy atom. The summed E-state index contributed by atoms with van der Waals surface area (Å²) < 4.78 is 0. The molecule has 31 heavy (non-hydrogen) atoms. The second kappa shape index (κ2) is 11.7. The Kier molecular flexibility index (Phi) is 8.67. The Morgan fingerprint density at radius 3 is 2.00 bits per heavy atom. The molecule has 0 fully saturated rings. The molecule has 1 aromatic carbocycles. The molecule has 7 heteroatoms. The molecule has 2 aromatic heterocycles. The Balaban J connectivity index is 1.88. The van der Waals surface area contributed by atoms with E-state index in [1.165, 1.54) is 4.90 Å². The number of unbranched alkanes of at least 4 members (excludes halogenated alkanes) is 1. The van der Waals surface area contributed by atoms with Gasteiger partial charge in [0.05, 0.1) is 13.1 Å². The minimum absolute atomic E-state index is 0.131. The van der Waals surface area contributed by atoms with E-state index in [4.69, 9.17) is 0 Å². The fourth-order valence-corrected chi connectivity index (χ4v) is 4.94. The molecule has 1 N–H and O–H groups in total. The van der Waals surface area contributed by atoms with Crippen LogP contribution in [0.15, 0.2) is 65.4 Å². The van der Waals surface area contributed by atoms with Gasteiger partial charge in [-0.1, -0.05) is 62.2 Å². The molecule has 3 aromatic rings. The molecule has 0 saturated heterocycles. The van der Waals surface area contributed by atoms with Crippen molar-refractivity contribution in [2.24, 2.45) is 0 Å². The summed E-state index contributed by atoms with van der Waals surface area (Å²) in [6.45, 7) is 3.21. The molecule has 0 aliphatic heterocycles. The molecule has 0 spiro atoms. The summed E-state index contributed by atoms with van der Waals surface area (Å²) in [7, 11) is 0. The van der Waals surface area contributed by atoms with Crippen LogP contribution in [0.2, 0.25) is 0 Å². The topological polar surface area (TPSA) is 60.9 Å². The van der Waals surface area contributed by atoms with E-state index in [-0.39, 0.29) is 12.5 Å². The molecular weight excluding hydrogens is 428 g/mol. The first kappa shape index (κ1) is 23.0. The lowest BCUT2D eigenvalue weighted by atomic mass is 10.1. The average Bonchev–Trinajstić information content (AvgIpc) is 3.47. The van der Waals surface area contributed by atoms with Gasteiger partial charge in [-0.05, 0) is 34.9 Å². The minimum Gasteiger partial charge on any atom is -0.465 e. The first-order valence-electron chi connectivity index (χ1n) is 10.5. The zero-order valence-electron chi connectivity index (χ0n) is 17.6. The number of carbonyl (C=O) groups excluding carboxylic acids is 1. The van der Waals surface area contributed by atoms with E-state index in [0.29, 0.717) is 19.5 Å². The van der Waals surface area contributed by atoms with Gasteiger partial charge in [-0.15, -0.1) is 22.7 Å². The van der Waals surface area contributed by atoms with E-state index >= 15 is 0 Å². The van der Waals surface area contributed by atoms with Crippen LogP contribution in [-0.4, -0.2) is 32.9 Å². The first-order chi connectivity index (χ1) is 15.1. The lowest BCUT2D eigenvalue weighted by molar-refractivity contribution is -0.138. The standard InChI is InChI=1S/C24H28N2O3S2/c1-2-3-13-22(26(24(28)29)16-19-9-5-4-6-10-19)23(27)25(17-20-11-7-14-30-20)18-21-12-8-15-31-21/h4-12,14-15,22H,2-3,13,16-18H2,1H3,(H,28,29)/t22-/m0/s1. The molecule has 164 valence electrons. The summed E-state index contributed by atoms with van der Waals surface area (Å²) in [5.41, 5.74) is 0.877. The largest absolute Gasteiger partial charge is 0.465 e. The maximum atomic E-state index is 13.8. The molecule has 5 nitrogen and oxygen atoms in total. The van der Waals surface area contributed by atoms with Crippen LogP contribution >= 0.6 is 22.7 Å². The zero-order chi connectivity index (χ0) is 22.1. The van der Waals surface area contributed by atoms with Crippen LogP contribution in [0.5, 0.6) is 0 Å². The summed E-state index contributed by atoms with van der Waals surface area (Å²) >= 11 is 3.22. The Labute approximate surface area is 191 Å². The van der Waals surface area contributed by atoms with Gasteiger partial charge < -0.3 is 10.0 Å². The highest BCUT2D eigenvalue weighted by Gasteiger charge is 2.33. The van der Waals surface area contributed by atoms with E-state index in [2.05, 4.69) is 6.92 Å². The zero-order valence-corrected chi connectivity index (χ0v) is 19.3. The van der Waals surface area contributed by atoms with Gasteiger partial charge in [0.2, 0.25) is 5.91 Å². The highest BCUT2D eigenvalue weighted by Crippen LogP contribution is 2.22. The molecule has 0 aliphatic rings. The summed E-state index contributed by atoms with van der Waals surface area (Å²) in [5, 5.41) is 14.0. The van der Waals surface area contributed by atoms with Crippen LogP contribution in [0.1, 0.15) is 41.5 Å². The molecular formula is C24H28N2O3S2. The second-order valence-electron chi connectivity index (χ2n) is 7.41. The third-order valence-electron chi connectivity index (χ3n) is 5.10. The van der Waals surface area contributed by atoms with Gasteiger partial charge >= 0.3 is 6.09 Å². The number of carboxylic acid groups (broad SMARTS) is 1. The number of benzene rings is 1. The van der Waals surface area contributed by atoms with Crippen LogP contribution in [-0.2, 0) is 24.4 Å². The predicted molar refractivity (Wildman–Crippen MR) is 126 cm³/mol. The van der Waals surface area contributed by atoms with Crippen LogP contribution in [0.3, 0.4) is 0 Å². The van der Waals surface area contributed by atoms with E-state index < -0.39 is 12.1 Å². The number of thiophene rings is 2. The Morgan fingerprint density at radius 1 is 0.903 bits per heavy atom. The third kappa shape index (κ3) is 6.67. The lowest BCUT2D eigenvalue weighted by Crippen LogP contribution is -2.49. The van der Waals surface area contributed by atoms with Crippen molar-refractivity contribution in [2.45, 2.75) is 51.9 Å². The van der Waals surface area contributed by atoms with Gasteiger partial charge in [-0.25, -0.2) is 4.79 Å². The molecule has 0 radical (unpaired) electrons. The quantitative estimate of drug-likeness (QED) is 0.380. The van der Waals surface area contributed by atoms with Gasteiger partial charge in [-0.3, -0.25) is 9.69 Å². The maximum Gasteiger partial charge on any atom is 0.408 e.